The van der Waals surface area contributed by atoms with E-state index in [1.807, 2.05) is 0 Å². The van der Waals surface area contributed by atoms with Gasteiger partial charge in [0.1, 0.15) is 0 Å². The van der Waals surface area contributed by atoms with Crippen LogP contribution < -0.4 is 5.32 Å². The van der Waals surface area contributed by atoms with Crippen LogP contribution in [0.3, 0.4) is 0 Å². The van der Waals surface area contributed by atoms with E-state index in [0.29, 0.717) is 19.0 Å². The van der Waals surface area contributed by atoms with Gasteiger partial charge in [-0.2, -0.15) is 0 Å². The van der Waals surface area contributed by atoms with Crippen LogP contribution in [-0.2, 0) is 13.0 Å². The second-order valence-corrected chi connectivity index (χ2v) is 8.78. The molecule has 0 amide bonds. The smallest absolute Gasteiger partial charge is 0.194 e. The highest BCUT2D eigenvalue weighted by Crippen LogP contribution is 2.18. The van der Waals surface area contributed by atoms with E-state index in [4.69, 9.17) is 4.99 Å². The maximum atomic E-state index is 10.6. The van der Waals surface area contributed by atoms with E-state index in [9.17, 15) is 5.11 Å². The van der Waals surface area contributed by atoms with Crippen molar-refractivity contribution in [1.29, 1.82) is 0 Å². The van der Waals surface area contributed by atoms with Crippen molar-refractivity contribution >= 4 is 29.9 Å². The fourth-order valence-corrected chi connectivity index (χ4v) is 4.34. The summed E-state index contributed by atoms with van der Waals surface area (Å²) >= 11 is 0. The van der Waals surface area contributed by atoms with Crippen LogP contribution in [-0.4, -0.2) is 90.8 Å². The van der Waals surface area contributed by atoms with E-state index < -0.39 is 6.10 Å². The van der Waals surface area contributed by atoms with Gasteiger partial charge in [0.15, 0.2) is 5.96 Å². The summed E-state index contributed by atoms with van der Waals surface area (Å²) in [7, 11) is 0. The van der Waals surface area contributed by atoms with Crippen molar-refractivity contribution in [3.63, 3.8) is 0 Å². The molecular weight excluding hydrogens is 489 g/mol. The number of β-amino-alcohol motifs (C(OH)–C–C–N with tert-alkyl or cyclic N) is 1. The molecule has 3 rings (SSSR count). The largest absolute Gasteiger partial charge is 0.390 e. The zero-order chi connectivity index (χ0) is 20.6. The third-order valence-electron chi connectivity index (χ3n) is 5.76. The molecule has 0 aliphatic carbocycles. The van der Waals surface area contributed by atoms with Crippen LogP contribution in [0.1, 0.15) is 31.9 Å². The lowest BCUT2D eigenvalue weighted by molar-refractivity contribution is 0.111. The van der Waals surface area contributed by atoms with E-state index in [2.05, 4.69) is 65.1 Å². The van der Waals surface area contributed by atoms with Crippen molar-refractivity contribution in [2.24, 2.45) is 10.9 Å². The third kappa shape index (κ3) is 7.66. The average Bonchev–Trinajstić information content (AvgIpc) is 2.71. The average molecular weight is 530 g/mol. The van der Waals surface area contributed by atoms with Gasteiger partial charge in [0.25, 0.3) is 0 Å². The van der Waals surface area contributed by atoms with Gasteiger partial charge in [-0.15, -0.1) is 24.0 Å². The molecule has 2 heterocycles. The second kappa shape index (κ2) is 12.8. The van der Waals surface area contributed by atoms with Gasteiger partial charge in [-0.3, -0.25) is 14.8 Å². The number of nitrogens with zero attached hydrogens (tertiary/aromatic N) is 4. The van der Waals surface area contributed by atoms with Gasteiger partial charge in [-0.05, 0) is 30.4 Å². The molecule has 1 unspecified atom stereocenters. The first-order valence-corrected chi connectivity index (χ1v) is 11.3. The molecule has 0 spiro atoms. The molecular formula is C23H40IN5O. The Kier molecular flexibility index (Phi) is 10.8. The minimum Gasteiger partial charge on any atom is -0.390 e. The summed E-state index contributed by atoms with van der Waals surface area (Å²) in [6, 6.07) is 8.64. The molecule has 6 nitrogen and oxygen atoms in total. The lowest BCUT2D eigenvalue weighted by atomic mass is 10.00. The van der Waals surface area contributed by atoms with Gasteiger partial charge in [-0.25, -0.2) is 0 Å². The number of piperazine rings is 1. The highest BCUT2D eigenvalue weighted by Gasteiger charge is 2.21. The summed E-state index contributed by atoms with van der Waals surface area (Å²) in [4.78, 5) is 12.0. The van der Waals surface area contributed by atoms with Crippen LogP contribution >= 0.6 is 24.0 Å². The Hall–Kier alpha value is -0.900. The van der Waals surface area contributed by atoms with Crippen molar-refractivity contribution in [2.75, 3.05) is 58.9 Å². The molecule has 0 aromatic heterocycles. The predicted octanol–water partition coefficient (Wildman–Crippen LogP) is 2.26. The topological polar surface area (TPSA) is 54.3 Å². The molecule has 0 saturated carbocycles. The van der Waals surface area contributed by atoms with Crippen LogP contribution in [0.4, 0.5) is 0 Å². The number of halogens is 1. The summed E-state index contributed by atoms with van der Waals surface area (Å²) in [5.41, 5.74) is 2.84. The van der Waals surface area contributed by atoms with Crippen molar-refractivity contribution in [1.82, 2.24) is 20.0 Å². The molecule has 1 fully saturated rings. The fourth-order valence-electron chi connectivity index (χ4n) is 4.34. The van der Waals surface area contributed by atoms with Crippen molar-refractivity contribution in [3.8, 4) is 0 Å². The first kappa shape index (κ1) is 25.4. The molecule has 1 atom stereocenters. The standard InChI is InChI=1S/C23H39N5O.HI/c1-4-24-23(28-13-11-26(12-14-28)16-19(2)3)25-15-22(29)18-27-10-9-20-7-5-6-8-21(20)17-27;/h5-8,19,22,29H,4,9-18H2,1-3H3,(H,24,25);1H. The maximum Gasteiger partial charge on any atom is 0.194 e. The first-order chi connectivity index (χ1) is 14.0. The minimum atomic E-state index is -0.434. The van der Waals surface area contributed by atoms with E-state index in [1.54, 1.807) is 0 Å². The Balaban J connectivity index is 0.00000320. The van der Waals surface area contributed by atoms with Crippen LogP contribution in [0.2, 0.25) is 0 Å². The molecule has 2 aliphatic rings. The number of rotatable bonds is 7. The van der Waals surface area contributed by atoms with Crippen LogP contribution in [0, 0.1) is 5.92 Å². The Morgan fingerprint density at radius 2 is 1.73 bits per heavy atom. The molecule has 0 radical (unpaired) electrons. The number of aliphatic hydroxyl groups excluding tert-OH is 1. The molecule has 30 heavy (non-hydrogen) atoms. The van der Waals surface area contributed by atoms with Gasteiger partial charge in [0, 0.05) is 58.9 Å². The van der Waals surface area contributed by atoms with Gasteiger partial charge in [0.2, 0.25) is 0 Å². The third-order valence-corrected chi connectivity index (χ3v) is 5.76. The van der Waals surface area contributed by atoms with E-state index in [0.717, 1.165) is 58.2 Å². The molecule has 2 N–H and O–H groups in total. The van der Waals surface area contributed by atoms with Gasteiger partial charge in [-0.1, -0.05) is 38.1 Å². The van der Waals surface area contributed by atoms with Crippen LogP contribution in [0.15, 0.2) is 29.3 Å². The van der Waals surface area contributed by atoms with Gasteiger partial charge >= 0.3 is 0 Å². The Bertz CT molecular complexity index is 661. The highest BCUT2D eigenvalue weighted by atomic mass is 127. The summed E-state index contributed by atoms with van der Waals surface area (Å²) < 4.78 is 0. The lowest BCUT2D eigenvalue weighted by Crippen LogP contribution is -2.53. The Labute approximate surface area is 199 Å². The fraction of sp³-hybridized carbons (Fsp3) is 0.696. The Morgan fingerprint density at radius 3 is 2.40 bits per heavy atom. The Morgan fingerprint density at radius 1 is 1.03 bits per heavy atom. The normalized spacial score (nSPS) is 19.4. The van der Waals surface area contributed by atoms with E-state index >= 15 is 0 Å². The second-order valence-electron chi connectivity index (χ2n) is 8.78. The number of hydrogen-bond acceptors (Lipinski definition) is 4. The molecule has 7 heteroatoms. The number of fused-ring (bicyclic) bond motifs is 1. The predicted molar refractivity (Wildman–Crippen MR) is 136 cm³/mol. The summed E-state index contributed by atoms with van der Waals surface area (Å²) in [5.74, 6) is 1.65. The molecule has 1 aromatic carbocycles. The van der Waals surface area contributed by atoms with Crippen molar-refractivity contribution < 1.29 is 5.11 Å². The summed E-state index contributed by atoms with van der Waals surface area (Å²) in [6.45, 7) is 15.9. The summed E-state index contributed by atoms with van der Waals surface area (Å²) in [5, 5.41) is 14.0. The number of aliphatic hydroxyl groups is 1. The van der Waals surface area contributed by atoms with Gasteiger partial charge in [0.05, 0.1) is 12.6 Å². The van der Waals surface area contributed by atoms with E-state index in [1.165, 1.54) is 17.7 Å². The van der Waals surface area contributed by atoms with Crippen molar-refractivity contribution in [2.45, 2.75) is 39.8 Å². The molecule has 1 aromatic rings. The highest BCUT2D eigenvalue weighted by molar-refractivity contribution is 14.0. The molecule has 0 bridgehead atoms. The van der Waals surface area contributed by atoms with Crippen LogP contribution in [0.25, 0.3) is 0 Å². The zero-order valence-corrected chi connectivity index (χ0v) is 21.2. The number of benzene rings is 1. The number of guanidine groups is 1. The number of aliphatic imine (C=N–C) groups is 1. The number of hydrogen-bond donors (Lipinski definition) is 2. The van der Waals surface area contributed by atoms with Gasteiger partial charge < -0.3 is 15.3 Å². The SMILES string of the molecule is CCNC(=NCC(O)CN1CCc2ccccc2C1)N1CCN(CC(C)C)CC1.I. The van der Waals surface area contributed by atoms with Crippen LogP contribution in [0.5, 0.6) is 0 Å². The maximum absolute atomic E-state index is 10.6. The van der Waals surface area contributed by atoms with Crippen molar-refractivity contribution in [3.05, 3.63) is 35.4 Å². The minimum absolute atomic E-state index is 0. The lowest BCUT2D eigenvalue weighted by Gasteiger charge is -2.37. The number of nitrogens with one attached hydrogen (secondary N) is 1. The quantitative estimate of drug-likeness (QED) is 0.323. The summed E-state index contributed by atoms with van der Waals surface area (Å²) in [6.07, 6.45) is 0.631. The zero-order valence-electron chi connectivity index (χ0n) is 18.9. The molecule has 2 aliphatic heterocycles. The first-order valence-electron chi connectivity index (χ1n) is 11.3. The molecule has 1 saturated heterocycles. The molecule has 170 valence electrons. The van der Waals surface area contributed by atoms with E-state index in [-0.39, 0.29) is 24.0 Å². The monoisotopic (exact) mass is 529 g/mol.